The lowest BCUT2D eigenvalue weighted by Crippen LogP contribution is -2.38. The van der Waals surface area contributed by atoms with E-state index in [2.05, 4.69) is 37.2 Å². The van der Waals surface area contributed by atoms with E-state index in [0.717, 1.165) is 12.1 Å². The van der Waals surface area contributed by atoms with Gasteiger partial charge in [0.05, 0.1) is 98.4 Å². The van der Waals surface area contributed by atoms with Gasteiger partial charge < -0.3 is 144 Å². The van der Waals surface area contributed by atoms with Gasteiger partial charge >= 0.3 is 0 Å². The first kappa shape index (κ1) is 79.8. The lowest BCUT2D eigenvalue weighted by molar-refractivity contribution is 0.162. The monoisotopic (exact) mass is 1690 g/mol. The van der Waals surface area contributed by atoms with Crippen molar-refractivity contribution in [1.82, 2.24) is 37.2 Å². The zero-order valence-electron chi connectivity index (χ0n) is 90.7. The second-order valence-electron chi connectivity index (χ2n) is 33.7. The van der Waals surface area contributed by atoms with Crippen molar-refractivity contribution < 1.29 is 133 Å². The summed E-state index contributed by atoms with van der Waals surface area (Å²) in [5, 5.41) is 221. The first-order chi connectivity index (χ1) is 61.9. The van der Waals surface area contributed by atoms with Crippen LogP contribution in [0.25, 0.3) is 0 Å². The third-order valence-electron chi connectivity index (χ3n) is 15.7. The molecule has 0 unspecified atom stereocenters. The molecule has 0 heterocycles. The van der Waals surface area contributed by atoms with Crippen LogP contribution in [0.1, 0.15) is 292 Å². The maximum absolute atomic E-state index is 10.3. The molecule has 0 spiro atoms. The Bertz CT molecular complexity index is 4950. The second-order valence-corrected chi connectivity index (χ2v) is 33.7. The van der Waals surface area contributed by atoms with Gasteiger partial charge in [-0.2, -0.15) is 0 Å². The summed E-state index contributed by atoms with van der Waals surface area (Å²) in [5.41, 5.74) is -2.25. The molecular weight excluding hydrogens is 1530 g/mol. The van der Waals surface area contributed by atoms with Crippen LogP contribution in [0.4, 0.5) is 0 Å². The number of aliphatic hydroxyl groups excluding tert-OH is 9. The molecule has 7 aromatic rings. The van der Waals surface area contributed by atoms with Gasteiger partial charge in [0.2, 0.25) is 0 Å². The molecule has 0 amide bonds. The molecule has 672 valence electrons. The Morgan fingerprint density at radius 1 is 0.252 bits per heavy atom. The summed E-state index contributed by atoms with van der Waals surface area (Å²) in [5.74, 6) is -1.28. The molecule has 7 aromatic carbocycles. The minimum atomic E-state index is -2.74. The van der Waals surface area contributed by atoms with Crippen LogP contribution in [0, 0.1) is 0 Å². The Kier molecular flexibility index (Phi) is 34.4. The van der Waals surface area contributed by atoms with Crippen molar-refractivity contribution in [2.75, 3.05) is 45.7 Å². The molecule has 28 heteroatoms. The van der Waals surface area contributed by atoms with Gasteiger partial charge in [-0.05, 0) is 269 Å². The lowest BCUT2D eigenvalue weighted by Gasteiger charge is -2.23. The molecular formula is C91H147N7O21. The molecule has 7 atom stereocenters. The zero-order chi connectivity index (χ0) is 108. The highest BCUT2D eigenvalue weighted by Crippen LogP contribution is 2.30. The van der Waals surface area contributed by atoms with Gasteiger partial charge in [-0.25, -0.2) is 0 Å². The van der Waals surface area contributed by atoms with Gasteiger partial charge in [-0.15, -0.1) is 0 Å². The minimum Gasteiger partial charge on any atom is -0.508 e. The van der Waals surface area contributed by atoms with Crippen molar-refractivity contribution in [3.63, 3.8) is 0 Å². The number of rotatable bonds is 28. The summed E-state index contributed by atoms with van der Waals surface area (Å²) in [4.78, 5) is 0. The van der Waals surface area contributed by atoms with Crippen LogP contribution in [0.15, 0.2) is 127 Å². The van der Waals surface area contributed by atoms with Gasteiger partial charge in [0.25, 0.3) is 0 Å². The van der Waals surface area contributed by atoms with E-state index < -0.39 is 130 Å². The molecule has 0 bridgehead atoms. The molecule has 7 rings (SSSR count). The Balaban J connectivity index is 0.000000806. The van der Waals surface area contributed by atoms with E-state index in [1.807, 2.05) is 62.3 Å². The van der Waals surface area contributed by atoms with Crippen molar-refractivity contribution in [3.8, 4) is 40.2 Å². The SMILES string of the molecule is [2H]C([2H])(NC(C)(C)C([2H])([2H])[2H])[C@@H](O)c1ccc(O)c(CO)c1.[2H]C([2H])(NC(C)(C)C)[C@@H](O)c1ccc(O)c(CO)c1.[2H]C([2H])(NC(C)(C)C)[C@@]([2H])(O)c1ccc(O)c(CO)c1.[2H]C([2H])(O)c1cc([C@H](O)CNC(C)(C)C)ccc1O.[2H]C([2H])(O)c1cc([C@]([2H])(O)CNC(C)(C)C)ccc1O.[2H]C([2H])([2H])C(C)(C)NC[C@@H](O)c1ccc(O)c(CO)c1.[2H][C@@](O)(CNC(C)(C)C)c1ccc(O)c(CO)c1. The fraction of sp³-hybridized carbons (Fsp3) is 0.538. The molecule has 0 saturated heterocycles. The van der Waals surface area contributed by atoms with Crippen molar-refractivity contribution in [3.05, 3.63) is 205 Å². The van der Waals surface area contributed by atoms with Crippen LogP contribution < -0.4 is 37.2 Å². The van der Waals surface area contributed by atoms with Crippen molar-refractivity contribution in [2.45, 2.75) is 273 Å². The van der Waals surface area contributed by atoms with E-state index in [4.69, 9.17) is 51.6 Å². The predicted molar refractivity (Wildman–Crippen MR) is 467 cm³/mol. The summed E-state index contributed by atoms with van der Waals surface area (Å²) >= 11 is 0. The number of hydrogen-bond donors (Lipinski definition) is 28. The number of aliphatic hydroxyl groups is 14. The van der Waals surface area contributed by atoms with Crippen LogP contribution in [0.2, 0.25) is 0 Å². The van der Waals surface area contributed by atoms with Crippen molar-refractivity contribution in [2.24, 2.45) is 0 Å². The van der Waals surface area contributed by atoms with Crippen LogP contribution >= 0.6 is 0 Å². The Hall–Kier alpha value is -7.70. The smallest absolute Gasteiger partial charge is 0.121 e. The Labute approximate surface area is 732 Å². The number of aromatic hydroxyl groups is 7. The summed E-state index contributed by atoms with van der Waals surface area (Å²) in [6, 6.07) is 27.9. The number of nitrogens with one attached hydrogen (secondary N) is 7. The van der Waals surface area contributed by atoms with Crippen LogP contribution in [0.3, 0.4) is 0 Å². The van der Waals surface area contributed by atoms with E-state index in [-0.39, 0.29) is 135 Å². The first-order valence-electron chi connectivity index (χ1n) is 47.4. The summed E-state index contributed by atoms with van der Waals surface area (Å²) < 4.78 is 144. The molecule has 28 N–H and O–H groups in total. The predicted octanol–water partition coefficient (Wildman–Crippen LogP) is 9.14. The highest BCUT2D eigenvalue weighted by Gasteiger charge is 2.23. The van der Waals surface area contributed by atoms with Crippen molar-refractivity contribution >= 4 is 0 Å². The lowest BCUT2D eigenvalue weighted by atomic mass is 10.0. The topological polar surface area (TPSA) is 509 Å². The van der Waals surface area contributed by atoms with Crippen LogP contribution in [-0.4, -0.2) is 192 Å². The normalized spacial score (nSPS) is 17.7. The number of benzene rings is 7. The summed E-state index contributed by atoms with van der Waals surface area (Å²) in [6.45, 7) is 15.1. The average Bonchev–Trinajstić information content (AvgIpc) is 0.789. The van der Waals surface area contributed by atoms with Crippen molar-refractivity contribution in [1.29, 1.82) is 0 Å². The van der Waals surface area contributed by atoms with E-state index in [1.165, 1.54) is 129 Å². The number of hydrogen-bond acceptors (Lipinski definition) is 28. The highest BCUT2D eigenvalue weighted by atomic mass is 16.3. The van der Waals surface area contributed by atoms with Crippen LogP contribution in [0.5, 0.6) is 40.2 Å². The third kappa shape index (κ3) is 46.2. The van der Waals surface area contributed by atoms with E-state index in [0.29, 0.717) is 39.9 Å². The quantitative estimate of drug-likeness (QED) is 0.0217. The Morgan fingerprint density at radius 2 is 0.445 bits per heavy atom. The zero-order valence-corrected chi connectivity index (χ0v) is 71.7. The molecule has 0 aliphatic carbocycles. The second kappa shape index (κ2) is 51.3. The molecule has 0 aliphatic rings. The fourth-order valence-electron chi connectivity index (χ4n) is 9.06. The van der Waals surface area contributed by atoms with Gasteiger partial charge in [0, 0.05) is 140 Å². The largest absolute Gasteiger partial charge is 0.508 e. The summed E-state index contributed by atoms with van der Waals surface area (Å²) in [7, 11) is 0. The molecule has 28 nitrogen and oxygen atoms in total. The molecule has 0 fully saturated rings. The molecule has 0 radical (unpaired) electrons. The molecule has 119 heavy (non-hydrogen) atoms. The van der Waals surface area contributed by atoms with E-state index in [1.54, 1.807) is 55.4 Å². The van der Waals surface area contributed by atoms with E-state index in [9.17, 15) is 81.7 Å². The maximum Gasteiger partial charge on any atom is 0.121 e. The van der Waals surface area contributed by atoms with E-state index >= 15 is 0 Å². The van der Waals surface area contributed by atoms with Gasteiger partial charge in [0.15, 0.2) is 0 Å². The van der Waals surface area contributed by atoms with Crippen LogP contribution in [-0.2, 0) is 46.2 Å². The Morgan fingerprint density at radius 3 is 0.706 bits per heavy atom. The highest BCUT2D eigenvalue weighted by molar-refractivity contribution is 5.42. The molecule has 0 saturated carbocycles. The first-order valence-corrected chi connectivity index (χ1v) is 37.9. The van der Waals surface area contributed by atoms with Gasteiger partial charge in [-0.3, -0.25) is 0 Å². The third-order valence-corrected chi connectivity index (χ3v) is 15.7. The fourth-order valence-corrected chi connectivity index (χ4v) is 9.06. The minimum absolute atomic E-state index is 0.0409. The maximum atomic E-state index is 10.3. The number of β-amino-alcohol motifs (C(OH)–C–C–N with tert-alkyl or cyclic N) is 7. The standard InChI is InChI=1S/7C13H21NO3/c7*1-13(2,3)14-7-12(17)9-4-5-11(16)10(6-9)8-15/h7*4-6,12,14-17H,7-8H2,1-3H3/t7*12-/m1111111/s1/i8D2,12D;7D2,12D;1D3,7D2;12D;8D2;7D2;1D3. The average molecular weight is 1690 g/mol. The molecule has 0 aromatic heterocycles. The van der Waals surface area contributed by atoms with Gasteiger partial charge in [0.1, 0.15) is 40.2 Å². The summed E-state index contributed by atoms with van der Waals surface area (Å²) in [6.07, 6.45) is -11.2. The number of phenols is 7. The molecule has 0 aliphatic heterocycles. The van der Waals surface area contributed by atoms with Gasteiger partial charge in [-0.1, -0.05) is 42.5 Å².